The van der Waals surface area contributed by atoms with Crippen LogP contribution in [-0.2, 0) is 28.0 Å². The Balaban J connectivity index is 1.35. The van der Waals surface area contributed by atoms with Crippen LogP contribution >= 0.6 is 0 Å². The van der Waals surface area contributed by atoms with E-state index in [0.717, 1.165) is 31.2 Å². The average Bonchev–Trinajstić information content (AvgIpc) is 3.94. The van der Waals surface area contributed by atoms with E-state index in [1.807, 2.05) is 11.8 Å². The number of carbonyl (C=O) groups excluding carboxylic acids is 2. The second-order valence-electron chi connectivity index (χ2n) is 12.7. The van der Waals surface area contributed by atoms with Gasteiger partial charge >= 0.3 is 0 Å². The van der Waals surface area contributed by atoms with Crippen LogP contribution in [0.3, 0.4) is 0 Å². The molecule has 0 aromatic heterocycles. The van der Waals surface area contributed by atoms with Gasteiger partial charge in [-0.3, -0.25) is 9.59 Å². The summed E-state index contributed by atoms with van der Waals surface area (Å²) in [5.41, 5.74) is 3.21. The molecule has 2 saturated carbocycles. The Labute approximate surface area is 260 Å². The Morgan fingerprint density at radius 1 is 1.18 bits per heavy atom. The van der Waals surface area contributed by atoms with Crippen molar-refractivity contribution in [2.45, 2.75) is 76.9 Å². The van der Waals surface area contributed by atoms with Crippen molar-refractivity contribution in [2.24, 2.45) is 23.7 Å². The number of nitrogens with one attached hydrogen (secondary N) is 2. The maximum atomic E-state index is 14.5. The standard InChI is InChI=1S/C36H46FN3O4/c1-4-8-30-32-33(30)35(43)40(16-5-2)17-13-26(12-11-25-19-28(37)21-29(20-25)44-23-38-34(32)42)31(41)22-39-36(14-15-36)27-10-7-9-24(6-3)18-27/h1,7,9-10,18-21,26,30-33,39,41H,5-6,8,11-17,22-23H2,2-3H3,(H,38,42). The van der Waals surface area contributed by atoms with E-state index in [1.165, 1.54) is 23.3 Å². The third-order valence-corrected chi connectivity index (χ3v) is 9.74. The van der Waals surface area contributed by atoms with Crippen molar-refractivity contribution in [1.82, 2.24) is 15.5 Å². The van der Waals surface area contributed by atoms with Crippen LogP contribution in [0.5, 0.6) is 5.75 Å². The van der Waals surface area contributed by atoms with E-state index in [4.69, 9.17) is 11.2 Å². The second kappa shape index (κ2) is 14.1. The highest BCUT2D eigenvalue weighted by atomic mass is 19.1. The normalized spacial score (nSPS) is 25.7. The van der Waals surface area contributed by atoms with E-state index in [-0.39, 0.29) is 35.9 Å². The minimum absolute atomic E-state index is 0.0494. The molecule has 5 atom stereocenters. The van der Waals surface area contributed by atoms with Crippen LogP contribution in [0.2, 0.25) is 0 Å². The number of fused-ring (bicyclic) bond motifs is 3. The van der Waals surface area contributed by atoms with Crippen LogP contribution in [0.4, 0.5) is 4.39 Å². The number of hydrogen-bond donors (Lipinski definition) is 3. The van der Waals surface area contributed by atoms with Crippen LogP contribution in [0.1, 0.15) is 69.1 Å². The smallest absolute Gasteiger partial charge is 0.226 e. The van der Waals surface area contributed by atoms with Crippen LogP contribution in [0.15, 0.2) is 42.5 Å². The zero-order valence-corrected chi connectivity index (χ0v) is 26.0. The molecule has 2 aromatic rings. The van der Waals surface area contributed by atoms with Crippen molar-refractivity contribution >= 4 is 11.8 Å². The van der Waals surface area contributed by atoms with Crippen molar-refractivity contribution in [3.63, 3.8) is 0 Å². The first kappa shape index (κ1) is 32.0. The number of rotatable bonds is 9. The number of benzene rings is 2. The van der Waals surface area contributed by atoms with E-state index < -0.39 is 23.8 Å². The number of nitrogens with zero attached hydrogens (tertiary/aromatic N) is 1. The molecule has 236 valence electrons. The highest BCUT2D eigenvalue weighted by molar-refractivity contribution is 5.93. The van der Waals surface area contributed by atoms with Gasteiger partial charge in [0.25, 0.3) is 0 Å². The molecule has 2 bridgehead atoms. The zero-order valence-electron chi connectivity index (χ0n) is 26.0. The van der Waals surface area contributed by atoms with E-state index >= 15 is 0 Å². The number of terminal acetylenes is 1. The summed E-state index contributed by atoms with van der Waals surface area (Å²) >= 11 is 0. The number of amides is 2. The largest absolute Gasteiger partial charge is 0.473 e. The summed E-state index contributed by atoms with van der Waals surface area (Å²) < 4.78 is 20.2. The fraction of sp³-hybridized carbons (Fsp3) is 0.556. The number of aliphatic hydroxyl groups is 1. The molecule has 1 aliphatic heterocycles. The molecule has 1 heterocycles. The molecule has 3 N–H and O–H groups in total. The van der Waals surface area contributed by atoms with Gasteiger partial charge in [0, 0.05) is 37.7 Å². The molecular formula is C36H46FN3O4. The van der Waals surface area contributed by atoms with Crippen LogP contribution in [-0.4, -0.2) is 54.3 Å². The molecule has 5 rings (SSSR count). The predicted octanol–water partition coefficient (Wildman–Crippen LogP) is 4.56. The van der Waals surface area contributed by atoms with Gasteiger partial charge in [-0.1, -0.05) is 38.1 Å². The number of hydrogen-bond acceptors (Lipinski definition) is 5. The van der Waals surface area contributed by atoms with Crippen molar-refractivity contribution < 1.29 is 23.8 Å². The van der Waals surface area contributed by atoms with Gasteiger partial charge in [0.15, 0.2) is 6.73 Å². The first-order chi connectivity index (χ1) is 21.3. The maximum absolute atomic E-state index is 14.5. The minimum Gasteiger partial charge on any atom is -0.473 e. The molecule has 0 radical (unpaired) electrons. The van der Waals surface area contributed by atoms with Crippen LogP contribution < -0.4 is 15.4 Å². The van der Waals surface area contributed by atoms with Gasteiger partial charge in [-0.15, -0.1) is 12.3 Å². The molecule has 5 unspecified atom stereocenters. The van der Waals surface area contributed by atoms with Crippen LogP contribution in [0, 0.1) is 41.8 Å². The fourth-order valence-electron chi connectivity index (χ4n) is 6.88. The molecule has 7 nitrogen and oxygen atoms in total. The molecule has 2 fully saturated rings. The topological polar surface area (TPSA) is 90.9 Å². The molecule has 2 aromatic carbocycles. The monoisotopic (exact) mass is 603 g/mol. The van der Waals surface area contributed by atoms with E-state index in [0.29, 0.717) is 51.1 Å². The van der Waals surface area contributed by atoms with E-state index in [9.17, 15) is 19.1 Å². The average molecular weight is 604 g/mol. The van der Waals surface area contributed by atoms with Gasteiger partial charge in [-0.25, -0.2) is 4.39 Å². The van der Waals surface area contributed by atoms with Crippen molar-refractivity contribution in [3.05, 3.63) is 65.0 Å². The van der Waals surface area contributed by atoms with Crippen LogP contribution in [0.25, 0.3) is 0 Å². The predicted molar refractivity (Wildman–Crippen MR) is 168 cm³/mol. The summed E-state index contributed by atoms with van der Waals surface area (Å²) in [6, 6.07) is 13.2. The Bertz CT molecular complexity index is 1370. The lowest BCUT2D eigenvalue weighted by molar-refractivity contribution is -0.135. The number of aryl methyl sites for hydroxylation is 2. The van der Waals surface area contributed by atoms with Gasteiger partial charge < -0.3 is 25.4 Å². The molecule has 0 saturated heterocycles. The van der Waals surface area contributed by atoms with Crippen molar-refractivity contribution in [2.75, 3.05) is 26.4 Å². The number of carbonyl (C=O) groups is 2. The SMILES string of the molecule is C#CCC1C2C(=O)NCOc3cc(F)cc(c3)CCC(C(O)CNC3(c4cccc(CC)c4)CC3)CCN(CCC)C(=O)C12. The third kappa shape index (κ3) is 7.44. The quantitative estimate of drug-likeness (QED) is 0.366. The van der Waals surface area contributed by atoms with Gasteiger partial charge in [-0.05, 0) is 85.6 Å². The van der Waals surface area contributed by atoms with Gasteiger partial charge in [0.1, 0.15) is 11.6 Å². The number of halogens is 1. The molecule has 0 spiro atoms. The summed E-state index contributed by atoms with van der Waals surface area (Å²) in [6.07, 6.45) is 10.8. The fourth-order valence-corrected chi connectivity index (χ4v) is 6.88. The molecule has 44 heavy (non-hydrogen) atoms. The molecule has 8 heteroatoms. The van der Waals surface area contributed by atoms with E-state index in [2.05, 4.69) is 47.7 Å². The molecule has 2 amide bonds. The third-order valence-electron chi connectivity index (χ3n) is 9.74. The lowest BCUT2D eigenvalue weighted by Crippen LogP contribution is -2.41. The summed E-state index contributed by atoms with van der Waals surface area (Å²) in [5.74, 6) is 0.892. The first-order valence-electron chi connectivity index (χ1n) is 16.2. The van der Waals surface area contributed by atoms with Gasteiger partial charge in [0.05, 0.1) is 17.9 Å². The Kier molecular flexibility index (Phi) is 10.3. The summed E-state index contributed by atoms with van der Waals surface area (Å²) in [7, 11) is 0. The number of aliphatic hydroxyl groups excluding tert-OH is 1. The maximum Gasteiger partial charge on any atom is 0.226 e. The van der Waals surface area contributed by atoms with E-state index in [1.54, 1.807) is 6.07 Å². The highest BCUT2D eigenvalue weighted by Crippen LogP contribution is 2.50. The zero-order chi connectivity index (χ0) is 31.3. The summed E-state index contributed by atoms with van der Waals surface area (Å²) in [6.45, 7) is 5.52. The number of ether oxygens (including phenoxy) is 1. The summed E-state index contributed by atoms with van der Waals surface area (Å²) in [5, 5.41) is 18.0. The highest BCUT2D eigenvalue weighted by Gasteiger charge is 2.59. The lowest BCUT2D eigenvalue weighted by Gasteiger charge is -2.30. The second-order valence-corrected chi connectivity index (χ2v) is 12.7. The summed E-state index contributed by atoms with van der Waals surface area (Å²) in [4.78, 5) is 28.6. The molecule has 2 aliphatic carbocycles. The van der Waals surface area contributed by atoms with Crippen molar-refractivity contribution in [1.29, 1.82) is 0 Å². The molecular weight excluding hydrogens is 557 g/mol. The van der Waals surface area contributed by atoms with Crippen molar-refractivity contribution in [3.8, 4) is 18.1 Å². The Morgan fingerprint density at radius 2 is 2.00 bits per heavy atom. The molecule has 3 aliphatic rings. The Hall–Kier alpha value is -3.41. The first-order valence-corrected chi connectivity index (χ1v) is 16.2. The Morgan fingerprint density at radius 3 is 2.73 bits per heavy atom. The lowest BCUT2D eigenvalue weighted by atomic mass is 9.90. The van der Waals surface area contributed by atoms with Gasteiger partial charge in [-0.2, -0.15) is 0 Å². The minimum atomic E-state index is -0.655. The van der Waals surface area contributed by atoms with Gasteiger partial charge in [0.2, 0.25) is 11.8 Å².